The molecule has 1 atom stereocenters. The molecule has 1 unspecified atom stereocenters. The summed E-state index contributed by atoms with van der Waals surface area (Å²) >= 11 is 0. The number of rotatable bonds is 5. The van der Waals surface area contributed by atoms with Gasteiger partial charge in [0.05, 0.1) is 25.9 Å². The molecule has 0 aromatic carbocycles. The number of ether oxygens (including phenoxy) is 2. The molecule has 1 aliphatic rings. The van der Waals surface area contributed by atoms with Crippen molar-refractivity contribution in [1.82, 2.24) is 4.90 Å². The van der Waals surface area contributed by atoms with Gasteiger partial charge in [0, 0.05) is 19.6 Å². The van der Waals surface area contributed by atoms with Gasteiger partial charge in [-0.05, 0) is 0 Å². The van der Waals surface area contributed by atoms with Gasteiger partial charge in [0.2, 0.25) is 5.91 Å². The molecule has 0 spiro atoms. The highest BCUT2D eigenvalue weighted by Crippen LogP contribution is 2.04. The Balaban J connectivity index is 2.25. The second-order valence-corrected chi connectivity index (χ2v) is 3.36. The van der Waals surface area contributed by atoms with E-state index in [4.69, 9.17) is 20.3 Å². The highest BCUT2D eigenvalue weighted by molar-refractivity contribution is 5.77. The smallest absolute Gasteiger partial charge is 0.248 e. The van der Waals surface area contributed by atoms with Crippen LogP contribution in [0.4, 0.5) is 0 Å². The Hall–Kier alpha value is -0.690. The Morgan fingerprint density at radius 2 is 2.47 bits per heavy atom. The van der Waals surface area contributed by atoms with Crippen LogP contribution in [0.15, 0.2) is 0 Å². The monoisotopic (exact) mass is 218 g/mol. The molecular formula is C9H18N2O4. The summed E-state index contributed by atoms with van der Waals surface area (Å²) in [6.07, 6.45) is -0.266. The van der Waals surface area contributed by atoms with Crippen molar-refractivity contribution < 1.29 is 19.4 Å². The molecule has 88 valence electrons. The van der Waals surface area contributed by atoms with Crippen molar-refractivity contribution in [1.29, 1.82) is 0 Å². The predicted octanol–water partition coefficient (Wildman–Crippen LogP) is -1.82. The SMILES string of the molecule is NCCOCC(=O)N1CCOC(CO)C1. The summed E-state index contributed by atoms with van der Waals surface area (Å²) < 4.78 is 10.3. The second-order valence-electron chi connectivity index (χ2n) is 3.36. The summed E-state index contributed by atoms with van der Waals surface area (Å²) in [5.41, 5.74) is 5.23. The van der Waals surface area contributed by atoms with E-state index < -0.39 is 0 Å². The van der Waals surface area contributed by atoms with Gasteiger partial charge in [0.25, 0.3) is 0 Å². The normalized spacial score (nSPS) is 21.7. The number of aliphatic hydroxyl groups excluding tert-OH is 1. The van der Waals surface area contributed by atoms with Gasteiger partial charge in [-0.25, -0.2) is 0 Å². The van der Waals surface area contributed by atoms with Crippen LogP contribution in [-0.4, -0.2) is 68.1 Å². The summed E-state index contributed by atoms with van der Waals surface area (Å²) in [5, 5.41) is 8.89. The van der Waals surface area contributed by atoms with Gasteiger partial charge in [0.1, 0.15) is 6.61 Å². The summed E-state index contributed by atoms with van der Waals surface area (Å²) in [6, 6.07) is 0. The van der Waals surface area contributed by atoms with Crippen LogP contribution in [0.5, 0.6) is 0 Å². The maximum absolute atomic E-state index is 11.6. The van der Waals surface area contributed by atoms with Gasteiger partial charge in [-0.15, -0.1) is 0 Å². The van der Waals surface area contributed by atoms with Crippen LogP contribution in [0.1, 0.15) is 0 Å². The van der Waals surface area contributed by atoms with E-state index in [1.165, 1.54) is 0 Å². The van der Waals surface area contributed by atoms with Gasteiger partial charge in [-0.3, -0.25) is 4.79 Å². The van der Waals surface area contributed by atoms with Gasteiger partial charge >= 0.3 is 0 Å². The summed E-state index contributed by atoms with van der Waals surface area (Å²) in [7, 11) is 0. The van der Waals surface area contributed by atoms with Crippen molar-refractivity contribution in [3.8, 4) is 0 Å². The molecular weight excluding hydrogens is 200 g/mol. The molecule has 1 rings (SSSR count). The van der Waals surface area contributed by atoms with Gasteiger partial charge < -0.3 is 25.2 Å². The Morgan fingerprint density at radius 3 is 3.13 bits per heavy atom. The number of hydrogen-bond donors (Lipinski definition) is 2. The number of nitrogens with two attached hydrogens (primary N) is 1. The van der Waals surface area contributed by atoms with E-state index >= 15 is 0 Å². The average molecular weight is 218 g/mol. The van der Waals surface area contributed by atoms with Gasteiger partial charge in [0.15, 0.2) is 0 Å². The van der Waals surface area contributed by atoms with Crippen LogP contribution < -0.4 is 5.73 Å². The van der Waals surface area contributed by atoms with E-state index in [2.05, 4.69) is 0 Å². The molecule has 1 heterocycles. The Bertz CT molecular complexity index is 201. The van der Waals surface area contributed by atoms with Crippen LogP contribution in [0.3, 0.4) is 0 Å². The van der Waals surface area contributed by atoms with E-state index in [1.54, 1.807) is 4.90 Å². The van der Waals surface area contributed by atoms with E-state index in [0.29, 0.717) is 32.8 Å². The number of aliphatic hydroxyl groups is 1. The molecule has 0 bridgehead atoms. The number of carbonyl (C=O) groups is 1. The number of hydrogen-bond acceptors (Lipinski definition) is 5. The minimum absolute atomic E-state index is 0.0509. The number of morpholine rings is 1. The highest BCUT2D eigenvalue weighted by atomic mass is 16.5. The maximum atomic E-state index is 11.6. The molecule has 1 saturated heterocycles. The van der Waals surface area contributed by atoms with Crippen LogP contribution in [0.2, 0.25) is 0 Å². The maximum Gasteiger partial charge on any atom is 0.248 e. The van der Waals surface area contributed by atoms with Gasteiger partial charge in [-0.1, -0.05) is 0 Å². The predicted molar refractivity (Wildman–Crippen MR) is 53.3 cm³/mol. The van der Waals surface area contributed by atoms with E-state index in [-0.39, 0.29) is 25.2 Å². The van der Waals surface area contributed by atoms with E-state index in [9.17, 15) is 4.79 Å². The topological polar surface area (TPSA) is 85.0 Å². The van der Waals surface area contributed by atoms with Crippen molar-refractivity contribution in [2.45, 2.75) is 6.10 Å². The molecule has 0 aromatic heterocycles. The minimum Gasteiger partial charge on any atom is -0.394 e. The number of amides is 1. The van der Waals surface area contributed by atoms with Crippen LogP contribution in [0.25, 0.3) is 0 Å². The Kier molecular flexibility index (Phi) is 5.56. The summed E-state index contributed by atoms with van der Waals surface area (Å²) in [4.78, 5) is 13.2. The molecule has 6 heteroatoms. The van der Waals surface area contributed by atoms with Crippen molar-refractivity contribution in [2.24, 2.45) is 5.73 Å². The van der Waals surface area contributed by atoms with Gasteiger partial charge in [-0.2, -0.15) is 0 Å². The lowest BCUT2D eigenvalue weighted by molar-refractivity contribution is -0.144. The highest BCUT2D eigenvalue weighted by Gasteiger charge is 2.23. The van der Waals surface area contributed by atoms with Crippen molar-refractivity contribution >= 4 is 5.91 Å². The first kappa shape index (κ1) is 12.4. The quantitative estimate of drug-likeness (QED) is 0.531. The Morgan fingerprint density at radius 1 is 1.67 bits per heavy atom. The molecule has 3 N–H and O–H groups in total. The molecule has 0 saturated carbocycles. The van der Waals surface area contributed by atoms with Crippen molar-refractivity contribution in [3.63, 3.8) is 0 Å². The number of carbonyl (C=O) groups excluding carboxylic acids is 1. The first-order valence-corrected chi connectivity index (χ1v) is 5.06. The standard InChI is InChI=1S/C9H18N2O4/c10-1-3-14-7-9(13)11-2-4-15-8(5-11)6-12/h8,12H,1-7,10H2. The third kappa shape index (κ3) is 4.13. The minimum atomic E-state index is -0.266. The Labute approximate surface area is 88.9 Å². The molecule has 1 aliphatic heterocycles. The fraction of sp³-hybridized carbons (Fsp3) is 0.889. The molecule has 0 aliphatic carbocycles. The lowest BCUT2D eigenvalue weighted by Crippen LogP contribution is -2.48. The molecule has 0 aromatic rings. The summed E-state index contributed by atoms with van der Waals surface area (Å²) in [5.74, 6) is -0.0785. The zero-order valence-corrected chi connectivity index (χ0v) is 8.72. The van der Waals surface area contributed by atoms with Crippen molar-refractivity contribution in [2.75, 3.05) is 46.1 Å². The average Bonchev–Trinajstić information content (AvgIpc) is 2.29. The van der Waals surface area contributed by atoms with Crippen LogP contribution >= 0.6 is 0 Å². The molecule has 15 heavy (non-hydrogen) atoms. The third-order valence-corrected chi connectivity index (χ3v) is 2.18. The first-order valence-electron chi connectivity index (χ1n) is 5.06. The van der Waals surface area contributed by atoms with E-state index in [0.717, 1.165) is 0 Å². The lowest BCUT2D eigenvalue weighted by Gasteiger charge is -2.31. The first-order chi connectivity index (χ1) is 7.27. The van der Waals surface area contributed by atoms with E-state index in [1.807, 2.05) is 0 Å². The number of nitrogens with zero attached hydrogens (tertiary/aromatic N) is 1. The zero-order chi connectivity index (χ0) is 11.1. The largest absolute Gasteiger partial charge is 0.394 e. The third-order valence-electron chi connectivity index (χ3n) is 2.18. The molecule has 6 nitrogen and oxygen atoms in total. The van der Waals surface area contributed by atoms with Crippen molar-refractivity contribution in [3.05, 3.63) is 0 Å². The molecule has 1 amide bonds. The summed E-state index contributed by atoms with van der Waals surface area (Å²) in [6.45, 7) is 2.24. The fourth-order valence-corrected chi connectivity index (χ4v) is 1.39. The fourth-order valence-electron chi connectivity index (χ4n) is 1.39. The van der Waals surface area contributed by atoms with Crippen LogP contribution in [-0.2, 0) is 14.3 Å². The molecule has 0 radical (unpaired) electrons. The lowest BCUT2D eigenvalue weighted by atomic mass is 10.3. The molecule has 1 fully saturated rings. The zero-order valence-electron chi connectivity index (χ0n) is 8.72. The second kappa shape index (κ2) is 6.73. The van der Waals surface area contributed by atoms with Crippen LogP contribution in [0, 0.1) is 0 Å².